The van der Waals surface area contributed by atoms with E-state index < -0.39 is 15.6 Å². The number of halogens is 3. The number of benzene rings is 2. The predicted octanol–water partition coefficient (Wildman–Crippen LogP) is 4.50. The third-order valence-corrected chi connectivity index (χ3v) is 5.86. The summed E-state index contributed by atoms with van der Waals surface area (Å²) in [5.74, 6) is -2.90. The maximum absolute atomic E-state index is 12.5. The van der Waals surface area contributed by atoms with Gasteiger partial charge in [0.05, 0.1) is 15.9 Å². The summed E-state index contributed by atoms with van der Waals surface area (Å²) in [5, 5.41) is 1.30. The topological polar surface area (TPSA) is 62.8 Å². The summed E-state index contributed by atoms with van der Waals surface area (Å²) in [6.07, 6.45) is 0. The number of imidazole rings is 1. The standard InChI is InChI=1S/C15H11ClF2N2O2S2/c16-10-3-6-12-13(7-10)20-15(19-12)23-8-9-1-4-11(5-2-9)24(21,22)14(17)18/h1-7,14H,8H2,(H,19,20). The van der Waals surface area contributed by atoms with Gasteiger partial charge < -0.3 is 4.98 Å². The number of H-pyrrole nitrogens is 1. The van der Waals surface area contributed by atoms with E-state index in [1.807, 2.05) is 6.07 Å². The van der Waals surface area contributed by atoms with Crippen LogP contribution in [0.25, 0.3) is 11.0 Å². The third-order valence-electron chi connectivity index (χ3n) is 3.28. The van der Waals surface area contributed by atoms with Crippen molar-refractivity contribution in [2.45, 2.75) is 21.6 Å². The van der Waals surface area contributed by atoms with E-state index in [1.54, 1.807) is 12.1 Å². The molecule has 24 heavy (non-hydrogen) atoms. The van der Waals surface area contributed by atoms with Crippen LogP contribution in [0, 0.1) is 0 Å². The lowest BCUT2D eigenvalue weighted by Crippen LogP contribution is -2.11. The fraction of sp³-hybridized carbons (Fsp3) is 0.133. The molecule has 1 N–H and O–H groups in total. The first-order valence-electron chi connectivity index (χ1n) is 6.75. The minimum Gasteiger partial charge on any atom is -0.333 e. The molecule has 3 rings (SSSR count). The van der Waals surface area contributed by atoms with Crippen molar-refractivity contribution in [1.82, 2.24) is 9.97 Å². The second-order valence-electron chi connectivity index (χ2n) is 4.94. The molecule has 0 spiro atoms. The molecule has 126 valence electrons. The van der Waals surface area contributed by atoms with Crippen LogP contribution in [0.4, 0.5) is 8.78 Å². The van der Waals surface area contributed by atoms with Crippen LogP contribution in [0.2, 0.25) is 5.02 Å². The Bertz CT molecular complexity index is 973. The average molecular weight is 389 g/mol. The van der Waals surface area contributed by atoms with Gasteiger partial charge in [0.1, 0.15) is 0 Å². The minimum atomic E-state index is -4.55. The second-order valence-corrected chi connectivity index (χ2v) is 8.26. The number of thioether (sulfide) groups is 1. The molecule has 1 aromatic heterocycles. The van der Waals surface area contributed by atoms with E-state index in [0.717, 1.165) is 16.6 Å². The fourth-order valence-corrected chi connectivity index (χ4v) is 3.79. The van der Waals surface area contributed by atoms with Gasteiger partial charge in [-0.2, -0.15) is 8.78 Å². The summed E-state index contributed by atoms with van der Waals surface area (Å²) in [6, 6.07) is 10.7. The van der Waals surface area contributed by atoms with Gasteiger partial charge in [0, 0.05) is 10.8 Å². The van der Waals surface area contributed by atoms with Gasteiger partial charge in [-0.25, -0.2) is 13.4 Å². The molecule has 0 unspecified atom stereocenters. The van der Waals surface area contributed by atoms with Crippen molar-refractivity contribution >= 4 is 44.2 Å². The summed E-state index contributed by atoms with van der Waals surface area (Å²) in [6.45, 7) is 0. The van der Waals surface area contributed by atoms with Gasteiger partial charge in [-0.15, -0.1) is 0 Å². The van der Waals surface area contributed by atoms with Gasteiger partial charge in [-0.3, -0.25) is 0 Å². The number of aromatic amines is 1. The Morgan fingerprint density at radius 1 is 1.17 bits per heavy atom. The van der Waals surface area contributed by atoms with E-state index in [4.69, 9.17) is 11.6 Å². The smallest absolute Gasteiger partial charge is 0.333 e. The summed E-state index contributed by atoms with van der Waals surface area (Å²) >= 11 is 7.34. The maximum atomic E-state index is 12.5. The van der Waals surface area contributed by atoms with Crippen LogP contribution in [0.3, 0.4) is 0 Å². The molecular formula is C15H11ClF2N2O2S2. The molecule has 0 aliphatic carbocycles. The molecule has 0 aliphatic heterocycles. The van der Waals surface area contributed by atoms with Crippen LogP contribution in [0.15, 0.2) is 52.5 Å². The van der Waals surface area contributed by atoms with Crippen molar-refractivity contribution in [3.05, 3.63) is 53.1 Å². The molecule has 0 amide bonds. The lowest BCUT2D eigenvalue weighted by molar-refractivity contribution is 0.234. The Balaban J connectivity index is 1.72. The van der Waals surface area contributed by atoms with Gasteiger partial charge in [-0.05, 0) is 35.9 Å². The monoisotopic (exact) mass is 388 g/mol. The van der Waals surface area contributed by atoms with Crippen molar-refractivity contribution in [2.24, 2.45) is 0 Å². The number of alkyl halides is 2. The van der Waals surface area contributed by atoms with E-state index in [0.29, 0.717) is 15.9 Å². The van der Waals surface area contributed by atoms with Gasteiger partial charge >= 0.3 is 5.76 Å². The zero-order valence-corrected chi connectivity index (χ0v) is 14.4. The van der Waals surface area contributed by atoms with E-state index in [1.165, 1.54) is 36.0 Å². The number of rotatable bonds is 5. The van der Waals surface area contributed by atoms with Crippen LogP contribution in [0.1, 0.15) is 5.56 Å². The molecule has 0 aliphatic rings. The largest absolute Gasteiger partial charge is 0.341 e. The molecule has 0 fully saturated rings. The molecule has 0 saturated carbocycles. The number of sulfone groups is 1. The maximum Gasteiger partial charge on any atom is 0.341 e. The summed E-state index contributed by atoms with van der Waals surface area (Å²) in [5.41, 5.74) is 2.41. The van der Waals surface area contributed by atoms with E-state index in [2.05, 4.69) is 9.97 Å². The van der Waals surface area contributed by atoms with E-state index in [-0.39, 0.29) is 4.90 Å². The van der Waals surface area contributed by atoms with Crippen molar-refractivity contribution in [3.63, 3.8) is 0 Å². The summed E-state index contributed by atoms with van der Waals surface area (Å²) < 4.78 is 47.7. The summed E-state index contributed by atoms with van der Waals surface area (Å²) in [4.78, 5) is 7.15. The molecule has 0 radical (unpaired) electrons. The Hall–Kier alpha value is -1.64. The van der Waals surface area contributed by atoms with Crippen LogP contribution in [0.5, 0.6) is 0 Å². The number of aromatic nitrogens is 2. The highest BCUT2D eigenvalue weighted by atomic mass is 35.5. The number of fused-ring (bicyclic) bond motifs is 1. The lowest BCUT2D eigenvalue weighted by Gasteiger charge is -2.04. The fourth-order valence-electron chi connectivity index (χ4n) is 2.06. The third kappa shape index (κ3) is 3.55. The molecule has 9 heteroatoms. The Morgan fingerprint density at radius 3 is 2.54 bits per heavy atom. The van der Waals surface area contributed by atoms with Gasteiger partial charge in [0.25, 0.3) is 0 Å². The lowest BCUT2D eigenvalue weighted by atomic mass is 10.2. The SMILES string of the molecule is O=S(=O)(c1ccc(CSc2nc3ccc(Cl)cc3[nH]2)cc1)C(F)F. The molecule has 2 aromatic carbocycles. The zero-order valence-electron chi connectivity index (χ0n) is 12.0. The Morgan fingerprint density at radius 2 is 1.88 bits per heavy atom. The van der Waals surface area contributed by atoms with E-state index in [9.17, 15) is 17.2 Å². The van der Waals surface area contributed by atoms with Gasteiger partial charge in [0.15, 0.2) is 5.16 Å². The van der Waals surface area contributed by atoms with Crippen LogP contribution in [-0.4, -0.2) is 24.1 Å². The van der Waals surface area contributed by atoms with Crippen LogP contribution in [-0.2, 0) is 15.6 Å². The average Bonchev–Trinajstić information content (AvgIpc) is 2.95. The van der Waals surface area contributed by atoms with Crippen LogP contribution >= 0.6 is 23.4 Å². The first kappa shape index (κ1) is 17.2. The van der Waals surface area contributed by atoms with E-state index >= 15 is 0 Å². The molecule has 4 nitrogen and oxygen atoms in total. The van der Waals surface area contributed by atoms with Crippen molar-refractivity contribution in [1.29, 1.82) is 0 Å². The molecule has 0 bridgehead atoms. The van der Waals surface area contributed by atoms with Crippen molar-refractivity contribution < 1.29 is 17.2 Å². The minimum absolute atomic E-state index is 0.385. The zero-order chi connectivity index (χ0) is 17.3. The molecule has 0 saturated heterocycles. The summed E-state index contributed by atoms with van der Waals surface area (Å²) in [7, 11) is -4.55. The molecular weight excluding hydrogens is 378 g/mol. The first-order valence-corrected chi connectivity index (χ1v) is 9.66. The Kier molecular flexibility index (Phi) is 4.80. The van der Waals surface area contributed by atoms with Crippen molar-refractivity contribution in [2.75, 3.05) is 0 Å². The first-order chi connectivity index (χ1) is 11.4. The predicted molar refractivity (Wildman–Crippen MR) is 90.3 cm³/mol. The molecule has 0 atom stereocenters. The second kappa shape index (κ2) is 6.70. The highest BCUT2D eigenvalue weighted by Gasteiger charge is 2.26. The normalized spacial score (nSPS) is 12.2. The number of hydrogen-bond donors (Lipinski definition) is 1. The number of nitrogens with zero attached hydrogens (tertiary/aromatic N) is 1. The Labute approximate surface area is 146 Å². The number of hydrogen-bond acceptors (Lipinski definition) is 4. The highest BCUT2D eigenvalue weighted by molar-refractivity contribution is 7.98. The quantitative estimate of drug-likeness (QED) is 0.653. The molecule has 1 heterocycles. The number of nitrogens with one attached hydrogen (secondary N) is 1. The highest BCUT2D eigenvalue weighted by Crippen LogP contribution is 2.26. The van der Waals surface area contributed by atoms with Gasteiger partial charge in [-0.1, -0.05) is 35.5 Å². The van der Waals surface area contributed by atoms with Gasteiger partial charge in [0.2, 0.25) is 9.84 Å². The van der Waals surface area contributed by atoms with Crippen molar-refractivity contribution in [3.8, 4) is 0 Å². The molecule has 3 aromatic rings. The van der Waals surface area contributed by atoms with Crippen LogP contribution < -0.4 is 0 Å².